The number of aromatic hydroxyl groups is 2. The highest BCUT2D eigenvalue weighted by Gasteiger charge is 2.29. The van der Waals surface area contributed by atoms with E-state index in [1.165, 1.54) is 25.8 Å². The van der Waals surface area contributed by atoms with Crippen LogP contribution in [0.2, 0.25) is 0 Å². The number of aliphatic hydroxyl groups is 1. The second-order valence-corrected chi connectivity index (χ2v) is 14.9. The molecule has 0 fully saturated rings. The molecular formula is C46H60N4O8. The summed E-state index contributed by atoms with van der Waals surface area (Å²) in [4.78, 5) is 29.4. The number of ether oxygens (including phenoxy) is 3. The van der Waals surface area contributed by atoms with Gasteiger partial charge in [0.15, 0.2) is 0 Å². The lowest BCUT2D eigenvalue weighted by molar-refractivity contribution is -0.112. The van der Waals surface area contributed by atoms with Gasteiger partial charge in [-0.15, -0.1) is 0 Å². The van der Waals surface area contributed by atoms with Crippen molar-refractivity contribution in [2.45, 2.75) is 91.7 Å². The quantitative estimate of drug-likeness (QED) is 0.0501. The smallest absolute Gasteiger partial charge is 0.255 e. The van der Waals surface area contributed by atoms with Gasteiger partial charge in [-0.3, -0.25) is 14.5 Å². The molecule has 0 saturated heterocycles. The molecule has 4 rings (SSSR count). The molecule has 1 unspecified atom stereocenters. The molecule has 58 heavy (non-hydrogen) atoms. The molecule has 12 nitrogen and oxygen atoms in total. The maximum atomic E-state index is 13.7. The summed E-state index contributed by atoms with van der Waals surface area (Å²) in [6.45, 7) is 13.3. The van der Waals surface area contributed by atoms with Gasteiger partial charge in [0.2, 0.25) is 0 Å². The van der Waals surface area contributed by atoms with Gasteiger partial charge in [-0.1, -0.05) is 86.2 Å². The number of nitrogens with one attached hydrogen (secondary N) is 2. The third-order valence-corrected chi connectivity index (χ3v) is 10.2. The highest BCUT2D eigenvalue weighted by atomic mass is 16.5. The summed E-state index contributed by atoms with van der Waals surface area (Å²) < 4.78 is 17.6. The zero-order valence-electron chi connectivity index (χ0n) is 34.9. The minimum absolute atomic E-state index is 0.0581. The Labute approximate surface area is 342 Å². The van der Waals surface area contributed by atoms with E-state index in [1.54, 1.807) is 57.2 Å². The van der Waals surface area contributed by atoms with Gasteiger partial charge in [0, 0.05) is 56.0 Å². The summed E-state index contributed by atoms with van der Waals surface area (Å²) in [6.07, 6.45) is 5.19. The summed E-state index contributed by atoms with van der Waals surface area (Å²) in [5, 5.41) is 40.0. The van der Waals surface area contributed by atoms with E-state index in [9.17, 15) is 24.9 Å². The molecule has 3 aromatic carbocycles. The monoisotopic (exact) mass is 796 g/mol. The van der Waals surface area contributed by atoms with Crippen LogP contribution in [-0.2, 0) is 32.1 Å². The first-order valence-corrected chi connectivity index (χ1v) is 19.6. The topological polar surface area (TPSA) is 176 Å². The van der Waals surface area contributed by atoms with Crippen LogP contribution in [0.25, 0.3) is 6.08 Å². The summed E-state index contributed by atoms with van der Waals surface area (Å²) in [6, 6.07) is 18.6. The normalized spacial score (nSPS) is 21.5. The average Bonchev–Trinajstić information content (AvgIpc) is 3.20. The van der Waals surface area contributed by atoms with Gasteiger partial charge in [0.1, 0.15) is 29.9 Å². The second kappa shape index (κ2) is 21.6. The number of nitrogens with zero attached hydrogens (tertiary/aromatic N) is 1. The minimum Gasteiger partial charge on any atom is -0.506 e. The average molecular weight is 797 g/mol. The molecule has 6 atom stereocenters. The van der Waals surface area contributed by atoms with Crippen LogP contribution in [0.1, 0.15) is 75.0 Å². The molecule has 0 spiro atoms. The molecule has 0 aliphatic carbocycles. The van der Waals surface area contributed by atoms with Gasteiger partial charge in [-0.05, 0) is 75.6 Å². The van der Waals surface area contributed by atoms with Crippen LogP contribution in [0.3, 0.4) is 0 Å². The van der Waals surface area contributed by atoms with Crippen LogP contribution in [0.4, 0.5) is 11.4 Å². The van der Waals surface area contributed by atoms with Crippen LogP contribution in [0.15, 0.2) is 102 Å². The number of carbonyl (C=O) groups is 2. The fraction of sp³-hybridized carbons (Fsp3) is 0.391. The third kappa shape index (κ3) is 12.5. The van der Waals surface area contributed by atoms with Crippen molar-refractivity contribution in [3.05, 3.63) is 124 Å². The van der Waals surface area contributed by atoms with E-state index in [0.29, 0.717) is 17.7 Å². The van der Waals surface area contributed by atoms with E-state index in [2.05, 4.69) is 34.6 Å². The lowest BCUT2D eigenvalue weighted by atomic mass is 9.91. The summed E-state index contributed by atoms with van der Waals surface area (Å²) in [7, 11) is 3.04. The molecule has 12 heteroatoms. The fourth-order valence-electron chi connectivity index (χ4n) is 6.87. The Kier molecular flexibility index (Phi) is 17.0. The fourth-order valence-corrected chi connectivity index (χ4v) is 6.87. The Balaban J connectivity index is 1.70. The minimum atomic E-state index is -0.971. The number of methoxy groups -OCH3 is 2. The summed E-state index contributed by atoms with van der Waals surface area (Å²) in [5.74, 6) is -2.23. The SMILES string of the molecule is CCN(Cc1ccccc1)Cc1ccc(C(=O)Nc2c(O)cc3c(O)c2C=C(C)C[C@H](OC)[C@H](O)[C@@H](C)C=C(C)[C@H](OC(C)N)[C@@H](OC)C=CC=C(C)C(=O)N3)cc1. The number of amides is 2. The Bertz CT molecular complexity index is 1970. The zero-order valence-corrected chi connectivity index (χ0v) is 34.9. The number of hydrogen-bond acceptors (Lipinski definition) is 10. The predicted octanol–water partition coefficient (Wildman–Crippen LogP) is 7.28. The third-order valence-electron chi connectivity index (χ3n) is 10.2. The summed E-state index contributed by atoms with van der Waals surface area (Å²) >= 11 is 0. The number of nitrogens with two attached hydrogens (primary N) is 1. The van der Waals surface area contributed by atoms with E-state index >= 15 is 0 Å². The Morgan fingerprint density at radius 2 is 1.67 bits per heavy atom. The standard InChI is InChI=1S/C46H60N4O8/c1-9-50(26-33-15-11-10-12-16-33)27-34-18-20-35(21-19-34)46(55)49-41-36-22-28(2)23-40(57-8)42(52)30(4)24-31(5)44(58-32(6)47)39(56-7)17-13-14-29(3)45(54)48-37(43(36)53)25-38(41)51/h10-22,24-25,30,32,39-40,42,44,51-53H,9,23,26-27,47H2,1-8H3,(H,48,54)(H,49,55)/t30-,32?,39-,40-,42+,44-/m0/s1. The van der Waals surface area contributed by atoms with Gasteiger partial charge in [0.25, 0.3) is 11.8 Å². The Hall–Kier alpha value is -5.08. The number of aliphatic hydroxyl groups excluding tert-OH is 1. The Morgan fingerprint density at radius 3 is 2.28 bits per heavy atom. The maximum absolute atomic E-state index is 13.7. The van der Waals surface area contributed by atoms with Crippen LogP contribution in [0.5, 0.6) is 11.5 Å². The molecule has 0 saturated carbocycles. The molecule has 2 bridgehead atoms. The zero-order chi connectivity index (χ0) is 42.5. The van der Waals surface area contributed by atoms with Crippen LogP contribution in [0, 0.1) is 5.92 Å². The van der Waals surface area contributed by atoms with Crippen molar-refractivity contribution >= 4 is 29.3 Å². The van der Waals surface area contributed by atoms with Crippen LogP contribution in [-0.4, -0.2) is 83.4 Å². The highest BCUT2D eigenvalue weighted by Crippen LogP contribution is 2.43. The number of phenols is 2. The number of benzene rings is 3. The van der Waals surface area contributed by atoms with Gasteiger partial charge >= 0.3 is 0 Å². The first-order chi connectivity index (χ1) is 27.6. The lowest BCUT2D eigenvalue weighted by Crippen LogP contribution is -2.37. The summed E-state index contributed by atoms with van der Waals surface area (Å²) in [5.41, 5.74) is 10.3. The van der Waals surface area contributed by atoms with Crippen molar-refractivity contribution in [3.8, 4) is 11.5 Å². The molecule has 1 aliphatic rings. The van der Waals surface area contributed by atoms with E-state index < -0.39 is 48.4 Å². The van der Waals surface area contributed by atoms with E-state index in [0.717, 1.165) is 24.2 Å². The molecule has 7 N–H and O–H groups in total. The second-order valence-electron chi connectivity index (χ2n) is 14.9. The first kappa shape index (κ1) is 45.6. The van der Waals surface area contributed by atoms with Crippen molar-refractivity contribution in [1.82, 2.24) is 4.90 Å². The van der Waals surface area contributed by atoms with Gasteiger partial charge < -0.3 is 45.9 Å². The molecular weight excluding hydrogens is 737 g/mol. The molecule has 0 aromatic heterocycles. The van der Waals surface area contributed by atoms with Crippen LogP contribution >= 0.6 is 0 Å². The molecule has 0 radical (unpaired) electrons. The molecule has 3 aromatic rings. The van der Waals surface area contributed by atoms with Crippen molar-refractivity contribution < 1.29 is 39.1 Å². The highest BCUT2D eigenvalue weighted by molar-refractivity contribution is 6.09. The Morgan fingerprint density at radius 1 is 1.02 bits per heavy atom. The van der Waals surface area contributed by atoms with E-state index in [4.69, 9.17) is 19.9 Å². The molecule has 1 heterocycles. The number of fused-ring (bicyclic) bond motifs is 2. The number of carbonyl (C=O) groups excluding carboxylic acids is 2. The maximum Gasteiger partial charge on any atom is 0.255 e. The number of allylic oxidation sites excluding steroid dienone is 2. The van der Waals surface area contributed by atoms with Crippen LogP contribution < -0.4 is 16.4 Å². The number of hydrogen-bond donors (Lipinski definition) is 6. The van der Waals surface area contributed by atoms with Crippen molar-refractivity contribution in [1.29, 1.82) is 0 Å². The van der Waals surface area contributed by atoms with E-state index in [-0.39, 0.29) is 40.4 Å². The molecule has 2 amide bonds. The predicted molar refractivity (Wildman–Crippen MR) is 229 cm³/mol. The molecule has 1 aliphatic heterocycles. The first-order valence-electron chi connectivity index (χ1n) is 19.6. The van der Waals surface area contributed by atoms with Crippen molar-refractivity contribution in [3.63, 3.8) is 0 Å². The number of rotatable bonds is 11. The molecule has 312 valence electrons. The lowest BCUT2D eigenvalue weighted by Gasteiger charge is -2.29. The van der Waals surface area contributed by atoms with Gasteiger partial charge in [-0.25, -0.2) is 0 Å². The number of anilines is 2. The largest absolute Gasteiger partial charge is 0.506 e. The van der Waals surface area contributed by atoms with Gasteiger partial charge in [-0.2, -0.15) is 0 Å². The number of phenolic OH excluding ortho intramolecular Hbond substituents is 2. The van der Waals surface area contributed by atoms with Gasteiger partial charge in [0.05, 0.1) is 23.6 Å². The van der Waals surface area contributed by atoms with Crippen molar-refractivity contribution in [2.75, 3.05) is 31.4 Å². The van der Waals surface area contributed by atoms with Crippen molar-refractivity contribution in [2.24, 2.45) is 11.7 Å². The van der Waals surface area contributed by atoms with E-state index in [1.807, 2.05) is 50.3 Å².